The molecule has 0 spiro atoms. The van der Waals surface area contributed by atoms with Gasteiger partial charge in [-0.25, -0.2) is 0 Å². The highest BCUT2D eigenvalue weighted by atomic mass is 16.7. The van der Waals surface area contributed by atoms with Crippen LogP contribution in [0.25, 0.3) is 0 Å². The number of rotatable bonds is 4. The van der Waals surface area contributed by atoms with Gasteiger partial charge in [0, 0.05) is 21.3 Å². The Hall–Kier alpha value is -0.240. The fourth-order valence-corrected chi connectivity index (χ4v) is 1.76. The summed E-state index contributed by atoms with van der Waals surface area (Å²) in [5, 5.41) is 19.0. The maximum atomic E-state index is 9.60. The van der Waals surface area contributed by atoms with Gasteiger partial charge in [0.2, 0.25) is 0 Å². The molecule has 15 heavy (non-hydrogen) atoms. The Kier molecular flexibility index (Phi) is 4.91. The summed E-state index contributed by atoms with van der Waals surface area (Å²) < 4.78 is 20.3. The van der Waals surface area contributed by atoms with Crippen LogP contribution >= 0.6 is 0 Å². The van der Waals surface area contributed by atoms with E-state index in [2.05, 4.69) is 0 Å². The Labute approximate surface area is 88.7 Å². The first-order valence-corrected chi connectivity index (χ1v) is 4.71. The molecule has 0 aromatic carbocycles. The second kappa shape index (κ2) is 5.74. The zero-order valence-electron chi connectivity index (χ0n) is 9.12. The third-order valence-corrected chi connectivity index (χ3v) is 2.51. The predicted molar refractivity (Wildman–Crippen MR) is 50.4 cm³/mol. The minimum Gasteiger partial charge on any atom is -0.385 e. The molecule has 0 aromatic heterocycles. The van der Waals surface area contributed by atoms with E-state index in [1.54, 1.807) is 0 Å². The van der Waals surface area contributed by atoms with Gasteiger partial charge in [-0.2, -0.15) is 0 Å². The highest BCUT2D eigenvalue weighted by Gasteiger charge is 2.45. The normalized spacial score (nSPS) is 41.8. The fourth-order valence-electron chi connectivity index (χ4n) is 1.76. The Morgan fingerprint density at radius 1 is 1.07 bits per heavy atom. The van der Waals surface area contributed by atoms with E-state index >= 15 is 0 Å². The van der Waals surface area contributed by atoms with E-state index in [-0.39, 0.29) is 6.61 Å². The van der Waals surface area contributed by atoms with E-state index in [9.17, 15) is 10.2 Å². The summed E-state index contributed by atoms with van der Waals surface area (Å²) in [6.07, 6.45) is -3.94. The summed E-state index contributed by atoms with van der Waals surface area (Å²) >= 11 is 0. The molecular weight excluding hydrogens is 204 g/mol. The number of ether oxygens (including phenoxy) is 4. The third-order valence-electron chi connectivity index (χ3n) is 2.51. The van der Waals surface area contributed by atoms with Gasteiger partial charge < -0.3 is 29.2 Å². The average Bonchev–Trinajstić information content (AvgIpc) is 2.23. The van der Waals surface area contributed by atoms with Crippen LogP contribution in [0.4, 0.5) is 0 Å². The Morgan fingerprint density at radius 3 is 2.13 bits per heavy atom. The summed E-state index contributed by atoms with van der Waals surface area (Å²) in [6, 6.07) is 0. The highest BCUT2D eigenvalue weighted by molar-refractivity contribution is 4.90. The first-order valence-electron chi connectivity index (χ1n) is 4.71. The van der Waals surface area contributed by atoms with Crippen LogP contribution in [0.15, 0.2) is 0 Å². The van der Waals surface area contributed by atoms with Crippen LogP contribution in [-0.2, 0) is 18.9 Å². The van der Waals surface area contributed by atoms with Crippen molar-refractivity contribution < 1.29 is 29.2 Å². The first-order chi connectivity index (χ1) is 7.15. The van der Waals surface area contributed by atoms with Gasteiger partial charge in [-0.15, -0.1) is 0 Å². The van der Waals surface area contributed by atoms with Crippen LogP contribution in [0, 0.1) is 0 Å². The van der Waals surface area contributed by atoms with Gasteiger partial charge in [-0.05, 0) is 0 Å². The van der Waals surface area contributed by atoms with E-state index in [0.717, 1.165) is 0 Å². The number of aliphatic hydroxyl groups excluding tert-OH is 2. The molecule has 0 unspecified atom stereocenters. The molecule has 0 radical (unpaired) electrons. The molecular formula is C9H18O6. The molecule has 1 saturated heterocycles. The van der Waals surface area contributed by atoms with Gasteiger partial charge in [-0.1, -0.05) is 0 Å². The SMILES string of the molecule is COC[C@H]1O[C@H](O)[C@H](O)[C@@H](OC)[C@@H]1OC. The van der Waals surface area contributed by atoms with Crippen molar-refractivity contribution in [1.29, 1.82) is 0 Å². The lowest BCUT2D eigenvalue weighted by atomic mass is 9.99. The van der Waals surface area contributed by atoms with Crippen LogP contribution in [-0.4, -0.2) is 68.9 Å². The van der Waals surface area contributed by atoms with Crippen molar-refractivity contribution in [2.45, 2.75) is 30.7 Å². The van der Waals surface area contributed by atoms with Crippen molar-refractivity contribution in [3.05, 3.63) is 0 Å². The molecule has 1 aliphatic rings. The van der Waals surface area contributed by atoms with Gasteiger partial charge in [0.05, 0.1) is 6.61 Å². The number of hydrogen-bond acceptors (Lipinski definition) is 6. The lowest BCUT2D eigenvalue weighted by Gasteiger charge is -2.41. The van der Waals surface area contributed by atoms with Gasteiger partial charge >= 0.3 is 0 Å². The molecule has 1 rings (SSSR count). The van der Waals surface area contributed by atoms with Crippen LogP contribution in [0.5, 0.6) is 0 Å². The molecule has 90 valence electrons. The number of methoxy groups -OCH3 is 3. The van der Waals surface area contributed by atoms with Gasteiger partial charge in [-0.3, -0.25) is 0 Å². The molecule has 2 N–H and O–H groups in total. The molecule has 1 fully saturated rings. The highest BCUT2D eigenvalue weighted by Crippen LogP contribution is 2.24. The van der Waals surface area contributed by atoms with Crippen LogP contribution in [0.3, 0.4) is 0 Å². The average molecular weight is 222 g/mol. The van der Waals surface area contributed by atoms with E-state index in [4.69, 9.17) is 18.9 Å². The summed E-state index contributed by atoms with van der Waals surface area (Å²) in [5.41, 5.74) is 0. The molecule has 5 atom stereocenters. The zero-order valence-corrected chi connectivity index (χ0v) is 9.12. The fraction of sp³-hybridized carbons (Fsp3) is 1.00. The first kappa shape index (κ1) is 12.8. The molecule has 0 aliphatic carbocycles. The monoisotopic (exact) mass is 222 g/mol. The predicted octanol–water partition coefficient (Wildman–Crippen LogP) is -1.26. The van der Waals surface area contributed by atoms with Crippen molar-refractivity contribution in [3.8, 4) is 0 Å². The summed E-state index contributed by atoms with van der Waals surface area (Å²) in [5.74, 6) is 0. The van der Waals surface area contributed by atoms with E-state index in [1.807, 2.05) is 0 Å². The van der Waals surface area contributed by atoms with Gasteiger partial charge in [0.25, 0.3) is 0 Å². The Morgan fingerprint density at radius 2 is 1.67 bits per heavy atom. The largest absolute Gasteiger partial charge is 0.385 e. The van der Waals surface area contributed by atoms with Crippen molar-refractivity contribution >= 4 is 0 Å². The number of aliphatic hydroxyl groups is 2. The molecule has 1 heterocycles. The second-order valence-electron chi connectivity index (χ2n) is 3.41. The Bertz CT molecular complexity index is 187. The van der Waals surface area contributed by atoms with Crippen molar-refractivity contribution in [2.75, 3.05) is 27.9 Å². The number of hydrogen-bond donors (Lipinski definition) is 2. The smallest absolute Gasteiger partial charge is 0.184 e. The standard InChI is InChI=1S/C9H18O6/c1-12-4-5-7(13-2)8(14-3)6(10)9(11)15-5/h5-11H,4H2,1-3H3/t5-,6-,7-,8-,9+/m1/s1. The van der Waals surface area contributed by atoms with Crippen molar-refractivity contribution in [3.63, 3.8) is 0 Å². The second-order valence-corrected chi connectivity index (χ2v) is 3.41. The van der Waals surface area contributed by atoms with Gasteiger partial charge in [0.1, 0.15) is 24.4 Å². The summed E-state index contributed by atoms with van der Waals surface area (Å²) in [4.78, 5) is 0. The molecule has 0 aromatic rings. The van der Waals surface area contributed by atoms with E-state index < -0.39 is 30.7 Å². The molecule has 0 bridgehead atoms. The van der Waals surface area contributed by atoms with E-state index in [0.29, 0.717) is 0 Å². The lowest BCUT2D eigenvalue weighted by Crippen LogP contribution is -2.59. The summed E-state index contributed by atoms with van der Waals surface area (Å²) in [6.45, 7) is 0.266. The minimum absolute atomic E-state index is 0.266. The van der Waals surface area contributed by atoms with Crippen molar-refractivity contribution in [1.82, 2.24) is 0 Å². The maximum Gasteiger partial charge on any atom is 0.184 e. The molecule has 1 aliphatic heterocycles. The quantitative estimate of drug-likeness (QED) is 0.618. The third kappa shape index (κ3) is 2.66. The van der Waals surface area contributed by atoms with E-state index in [1.165, 1.54) is 21.3 Å². The zero-order chi connectivity index (χ0) is 11.4. The topological polar surface area (TPSA) is 77.4 Å². The van der Waals surface area contributed by atoms with Crippen LogP contribution in [0.1, 0.15) is 0 Å². The van der Waals surface area contributed by atoms with Crippen LogP contribution in [0.2, 0.25) is 0 Å². The molecule has 6 heteroatoms. The van der Waals surface area contributed by atoms with Crippen LogP contribution < -0.4 is 0 Å². The molecule has 6 nitrogen and oxygen atoms in total. The Balaban J connectivity index is 2.73. The maximum absolute atomic E-state index is 9.60. The van der Waals surface area contributed by atoms with Crippen molar-refractivity contribution in [2.24, 2.45) is 0 Å². The van der Waals surface area contributed by atoms with Gasteiger partial charge in [0.15, 0.2) is 6.29 Å². The molecule has 0 saturated carbocycles. The lowest BCUT2D eigenvalue weighted by molar-refractivity contribution is -0.295. The summed E-state index contributed by atoms with van der Waals surface area (Å²) in [7, 11) is 4.46. The minimum atomic E-state index is -1.28. The molecule has 0 amide bonds.